The molecule has 2 aliphatic rings. The van der Waals surface area contributed by atoms with Gasteiger partial charge in [0.05, 0.1) is 0 Å². The summed E-state index contributed by atoms with van der Waals surface area (Å²) in [6.07, 6.45) is 4.13. The van der Waals surface area contributed by atoms with Crippen LogP contribution in [-0.2, 0) is 15.0 Å². The van der Waals surface area contributed by atoms with E-state index in [1.54, 1.807) is 8.61 Å². The Morgan fingerprint density at radius 1 is 0.917 bits per heavy atom. The molecule has 1 amide bonds. The molecule has 0 aromatic heterocycles. The van der Waals surface area contributed by atoms with Crippen molar-refractivity contribution >= 4 is 21.8 Å². The van der Waals surface area contributed by atoms with E-state index in [2.05, 4.69) is 5.32 Å². The number of para-hydroxylation sites is 1. The maximum Gasteiger partial charge on any atom is 0.281 e. The second-order valence-electron chi connectivity index (χ2n) is 6.50. The molecule has 0 atom stereocenters. The molecule has 2 aliphatic heterocycles. The molecular formula is C17H25N3O3S. The molecule has 1 aromatic rings. The highest BCUT2D eigenvalue weighted by Crippen LogP contribution is 2.24. The Morgan fingerprint density at radius 2 is 1.50 bits per heavy atom. The van der Waals surface area contributed by atoms with Crippen molar-refractivity contribution in [2.45, 2.75) is 32.1 Å². The number of amides is 1. The summed E-state index contributed by atoms with van der Waals surface area (Å²) < 4.78 is 28.5. The molecule has 1 N–H and O–H groups in total. The van der Waals surface area contributed by atoms with Gasteiger partial charge in [-0.1, -0.05) is 24.6 Å². The first-order valence-electron chi connectivity index (χ1n) is 8.68. The Bertz CT molecular complexity index is 649. The number of hydrogen-bond acceptors (Lipinski definition) is 3. The highest BCUT2D eigenvalue weighted by molar-refractivity contribution is 7.86. The number of nitrogens with one attached hydrogen (secondary N) is 1. The highest BCUT2D eigenvalue weighted by Gasteiger charge is 2.35. The summed E-state index contributed by atoms with van der Waals surface area (Å²) in [5.41, 5.74) is 0.783. The Morgan fingerprint density at radius 3 is 2.12 bits per heavy atom. The van der Waals surface area contributed by atoms with Crippen LogP contribution in [0.4, 0.5) is 5.69 Å². The Balaban J connectivity index is 1.54. The molecule has 2 heterocycles. The monoisotopic (exact) mass is 351 g/mol. The fraction of sp³-hybridized carbons (Fsp3) is 0.588. The lowest BCUT2D eigenvalue weighted by atomic mass is 9.97. The van der Waals surface area contributed by atoms with Gasteiger partial charge in [-0.05, 0) is 37.8 Å². The molecule has 0 radical (unpaired) electrons. The molecule has 2 saturated heterocycles. The summed E-state index contributed by atoms with van der Waals surface area (Å²) in [7, 11) is -3.36. The predicted molar refractivity (Wildman–Crippen MR) is 93.7 cm³/mol. The van der Waals surface area contributed by atoms with E-state index in [-0.39, 0.29) is 11.8 Å². The number of benzene rings is 1. The van der Waals surface area contributed by atoms with Gasteiger partial charge in [-0.3, -0.25) is 4.79 Å². The number of anilines is 1. The van der Waals surface area contributed by atoms with E-state index in [1.165, 1.54) is 0 Å². The van der Waals surface area contributed by atoms with Crippen molar-refractivity contribution in [2.24, 2.45) is 5.92 Å². The van der Waals surface area contributed by atoms with E-state index >= 15 is 0 Å². The quantitative estimate of drug-likeness (QED) is 0.903. The van der Waals surface area contributed by atoms with Crippen LogP contribution in [-0.4, -0.2) is 49.1 Å². The molecule has 0 unspecified atom stereocenters. The van der Waals surface area contributed by atoms with E-state index in [1.807, 2.05) is 30.3 Å². The summed E-state index contributed by atoms with van der Waals surface area (Å²) in [5, 5.41) is 2.91. The second kappa shape index (κ2) is 7.63. The summed E-state index contributed by atoms with van der Waals surface area (Å²) in [6.45, 7) is 2.09. The zero-order valence-corrected chi connectivity index (χ0v) is 14.7. The number of carbonyl (C=O) groups is 1. The van der Waals surface area contributed by atoms with Crippen molar-refractivity contribution in [3.05, 3.63) is 30.3 Å². The molecule has 1 aromatic carbocycles. The van der Waals surface area contributed by atoms with E-state index in [4.69, 9.17) is 0 Å². The van der Waals surface area contributed by atoms with E-state index < -0.39 is 10.2 Å². The first kappa shape index (κ1) is 17.4. The molecule has 0 saturated carbocycles. The fourth-order valence-corrected chi connectivity index (χ4v) is 5.09. The molecule has 3 rings (SSSR count). The predicted octanol–water partition coefficient (Wildman–Crippen LogP) is 2.07. The van der Waals surface area contributed by atoms with Gasteiger partial charge in [0.1, 0.15) is 0 Å². The fourth-order valence-electron chi connectivity index (χ4n) is 3.37. The smallest absolute Gasteiger partial charge is 0.281 e. The SMILES string of the molecule is O=C(Nc1ccccc1)C1CCN(S(=O)(=O)N2CCCCC2)CC1. The van der Waals surface area contributed by atoms with Crippen molar-refractivity contribution in [1.29, 1.82) is 0 Å². The van der Waals surface area contributed by atoms with Crippen LogP contribution < -0.4 is 5.32 Å². The number of carbonyl (C=O) groups excluding carboxylic acids is 1. The van der Waals surface area contributed by atoms with Crippen molar-refractivity contribution in [3.63, 3.8) is 0 Å². The van der Waals surface area contributed by atoms with Crippen LogP contribution in [0.25, 0.3) is 0 Å². The van der Waals surface area contributed by atoms with Crippen molar-refractivity contribution in [2.75, 3.05) is 31.5 Å². The van der Waals surface area contributed by atoms with Crippen LogP contribution in [0.5, 0.6) is 0 Å². The second-order valence-corrected chi connectivity index (χ2v) is 8.42. The first-order chi connectivity index (χ1) is 11.6. The van der Waals surface area contributed by atoms with Gasteiger partial charge in [0, 0.05) is 37.8 Å². The highest BCUT2D eigenvalue weighted by atomic mass is 32.2. The average molecular weight is 351 g/mol. The average Bonchev–Trinajstić information content (AvgIpc) is 2.63. The van der Waals surface area contributed by atoms with Gasteiger partial charge in [0.15, 0.2) is 0 Å². The number of piperidine rings is 2. The normalized spacial score (nSPS) is 21.5. The number of hydrogen-bond donors (Lipinski definition) is 1. The van der Waals surface area contributed by atoms with Crippen molar-refractivity contribution in [3.8, 4) is 0 Å². The maximum absolute atomic E-state index is 12.7. The van der Waals surface area contributed by atoms with Crippen LogP contribution in [0.1, 0.15) is 32.1 Å². The molecule has 0 bridgehead atoms. The van der Waals surface area contributed by atoms with Gasteiger partial charge in [0.2, 0.25) is 5.91 Å². The third-order valence-electron chi connectivity index (χ3n) is 4.83. The minimum absolute atomic E-state index is 0.0174. The lowest BCUT2D eigenvalue weighted by molar-refractivity contribution is -0.120. The molecule has 132 valence electrons. The minimum atomic E-state index is -3.36. The standard InChI is InChI=1S/C17H25N3O3S/c21-17(18-16-7-3-1-4-8-16)15-9-13-20(14-10-15)24(22,23)19-11-5-2-6-12-19/h1,3-4,7-8,15H,2,5-6,9-14H2,(H,18,21). The van der Waals surface area contributed by atoms with Crippen molar-refractivity contribution < 1.29 is 13.2 Å². The zero-order chi connectivity index (χ0) is 17.0. The molecule has 7 heteroatoms. The molecule has 0 aliphatic carbocycles. The first-order valence-corrected chi connectivity index (χ1v) is 10.1. The third-order valence-corrected chi connectivity index (χ3v) is 6.87. The topological polar surface area (TPSA) is 69.7 Å². The Kier molecular flexibility index (Phi) is 5.53. The van der Waals surface area contributed by atoms with E-state index in [0.717, 1.165) is 24.9 Å². The van der Waals surface area contributed by atoms with Gasteiger partial charge in [-0.2, -0.15) is 17.0 Å². The lowest BCUT2D eigenvalue weighted by Gasteiger charge is -2.35. The van der Waals surface area contributed by atoms with Crippen LogP contribution >= 0.6 is 0 Å². The van der Waals surface area contributed by atoms with Crippen LogP contribution in [0.3, 0.4) is 0 Å². The van der Waals surface area contributed by atoms with Gasteiger partial charge < -0.3 is 5.32 Å². The van der Waals surface area contributed by atoms with E-state index in [9.17, 15) is 13.2 Å². The number of nitrogens with zero attached hydrogens (tertiary/aromatic N) is 2. The largest absolute Gasteiger partial charge is 0.326 e. The van der Waals surface area contributed by atoms with Crippen LogP contribution in [0.15, 0.2) is 30.3 Å². The third kappa shape index (κ3) is 3.96. The van der Waals surface area contributed by atoms with Crippen LogP contribution in [0, 0.1) is 5.92 Å². The maximum atomic E-state index is 12.7. The summed E-state index contributed by atoms with van der Waals surface area (Å²) in [6, 6.07) is 9.37. The summed E-state index contributed by atoms with van der Waals surface area (Å²) >= 11 is 0. The molecule has 6 nitrogen and oxygen atoms in total. The van der Waals surface area contributed by atoms with Gasteiger partial charge in [0.25, 0.3) is 10.2 Å². The molecule has 0 spiro atoms. The van der Waals surface area contributed by atoms with Gasteiger partial charge >= 0.3 is 0 Å². The molecular weight excluding hydrogens is 326 g/mol. The Hall–Kier alpha value is -1.44. The Labute approximate surface area is 144 Å². The summed E-state index contributed by atoms with van der Waals surface area (Å²) in [5.74, 6) is -0.144. The van der Waals surface area contributed by atoms with Gasteiger partial charge in [-0.15, -0.1) is 0 Å². The number of rotatable bonds is 4. The van der Waals surface area contributed by atoms with Gasteiger partial charge in [-0.25, -0.2) is 0 Å². The lowest BCUT2D eigenvalue weighted by Crippen LogP contribution is -2.49. The molecule has 24 heavy (non-hydrogen) atoms. The summed E-state index contributed by atoms with van der Waals surface area (Å²) in [4.78, 5) is 12.3. The van der Waals surface area contributed by atoms with E-state index in [0.29, 0.717) is 39.0 Å². The zero-order valence-electron chi connectivity index (χ0n) is 13.9. The van der Waals surface area contributed by atoms with Crippen LogP contribution in [0.2, 0.25) is 0 Å². The molecule has 2 fully saturated rings. The van der Waals surface area contributed by atoms with Crippen molar-refractivity contribution in [1.82, 2.24) is 8.61 Å². The minimum Gasteiger partial charge on any atom is -0.326 e.